The van der Waals surface area contributed by atoms with Gasteiger partial charge in [-0.2, -0.15) is 11.3 Å². The summed E-state index contributed by atoms with van der Waals surface area (Å²) in [6.45, 7) is 0.460. The van der Waals surface area contributed by atoms with E-state index in [1.165, 1.54) is 5.56 Å². The molecule has 0 fully saturated rings. The average Bonchev–Trinajstić information content (AvgIpc) is 2.96. The standard InChI is InChI=1S/C15H16N2O2S/c16-15(19)13-4-1-11(2-5-13)9-17-14(18)6-3-12-7-8-20-10-12/h1-2,4-5,7-8,10H,3,6,9H2,(H2,16,19)(H,17,18). The van der Waals surface area contributed by atoms with Crippen LogP contribution in [-0.2, 0) is 17.8 Å². The number of carbonyl (C=O) groups excluding carboxylic acids is 2. The highest BCUT2D eigenvalue weighted by Crippen LogP contribution is 2.08. The number of aryl methyl sites for hydroxylation is 1. The first-order valence-corrected chi connectivity index (χ1v) is 7.26. The number of benzene rings is 1. The molecule has 4 nitrogen and oxygen atoms in total. The molecule has 0 aliphatic rings. The molecular formula is C15H16N2O2S. The normalized spacial score (nSPS) is 10.2. The van der Waals surface area contributed by atoms with Gasteiger partial charge in [-0.15, -0.1) is 0 Å². The van der Waals surface area contributed by atoms with Crippen LogP contribution < -0.4 is 11.1 Å². The fraction of sp³-hybridized carbons (Fsp3) is 0.200. The molecule has 1 heterocycles. The van der Waals surface area contributed by atoms with Gasteiger partial charge in [0.05, 0.1) is 0 Å². The summed E-state index contributed by atoms with van der Waals surface area (Å²) in [6, 6.07) is 8.93. The molecule has 20 heavy (non-hydrogen) atoms. The van der Waals surface area contributed by atoms with Crippen LogP contribution in [0.4, 0.5) is 0 Å². The zero-order valence-corrected chi connectivity index (χ0v) is 11.8. The van der Waals surface area contributed by atoms with E-state index in [2.05, 4.69) is 10.7 Å². The van der Waals surface area contributed by atoms with Gasteiger partial charge in [0.2, 0.25) is 11.8 Å². The van der Waals surface area contributed by atoms with Crippen molar-refractivity contribution in [3.8, 4) is 0 Å². The van der Waals surface area contributed by atoms with Crippen molar-refractivity contribution >= 4 is 23.2 Å². The number of primary amides is 1. The second-order valence-electron chi connectivity index (χ2n) is 4.47. The van der Waals surface area contributed by atoms with Gasteiger partial charge in [-0.05, 0) is 46.5 Å². The molecule has 3 N–H and O–H groups in total. The summed E-state index contributed by atoms with van der Waals surface area (Å²) in [5.41, 5.74) is 7.77. The van der Waals surface area contributed by atoms with E-state index in [-0.39, 0.29) is 5.91 Å². The molecular weight excluding hydrogens is 272 g/mol. The van der Waals surface area contributed by atoms with Crippen LogP contribution in [0.5, 0.6) is 0 Å². The lowest BCUT2D eigenvalue weighted by molar-refractivity contribution is -0.121. The Balaban J connectivity index is 1.76. The summed E-state index contributed by atoms with van der Waals surface area (Å²) >= 11 is 1.64. The highest BCUT2D eigenvalue weighted by atomic mass is 32.1. The largest absolute Gasteiger partial charge is 0.366 e. The van der Waals surface area contributed by atoms with Crippen molar-refractivity contribution in [3.05, 3.63) is 57.8 Å². The topological polar surface area (TPSA) is 72.2 Å². The Morgan fingerprint density at radius 2 is 1.85 bits per heavy atom. The minimum atomic E-state index is -0.448. The van der Waals surface area contributed by atoms with Crippen LogP contribution in [-0.4, -0.2) is 11.8 Å². The monoisotopic (exact) mass is 288 g/mol. The molecule has 0 unspecified atom stereocenters. The van der Waals surface area contributed by atoms with Crippen LogP contribution in [0.2, 0.25) is 0 Å². The third kappa shape index (κ3) is 4.20. The van der Waals surface area contributed by atoms with Crippen molar-refractivity contribution in [1.82, 2.24) is 5.32 Å². The van der Waals surface area contributed by atoms with Gasteiger partial charge in [0.1, 0.15) is 0 Å². The fourth-order valence-electron chi connectivity index (χ4n) is 1.77. The van der Waals surface area contributed by atoms with Crippen molar-refractivity contribution < 1.29 is 9.59 Å². The van der Waals surface area contributed by atoms with Crippen molar-refractivity contribution in [3.63, 3.8) is 0 Å². The third-order valence-corrected chi connectivity index (χ3v) is 3.68. The van der Waals surface area contributed by atoms with E-state index in [9.17, 15) is 9.59 Å². The molecule has 5 heteroatoms. The number of thiophene rings is 1. The summed E-state index contributed by atoms with van der Waals surface area (Å²) in [5, 5.41) is 6.92. The summed E-state index contributed by atoms with van der Waals surface area (Å²) in [6.07, 6.45) is 1.24. The molecule has 0 aliphatic heterocycles. The van der Waals surface area contributed by atoms with Crippen LogP contribution in [0, 0.1) is 0 Å². The molecule has 1 aromatic heterocycles. The van der Waals surface area contributed by atoms with E-state index in [4.69, 9.17) is 5.73 Å². The van der Waals surface area contributed by atoms with Crippen LogP contribution >= 0.6 is 11.3 Å². The van der Waals surface area contributed by atoms with Gasteiger partial charge in [0, 0.05) is 18.5 Å². The molecule has 0 saturated heterocycles. The molecule has 0 spiro atoms. The SMILES string of the molecule is NC(=O)c1ccc(CNC(=O)CCc2ccsc2)cc1. The molecule has 2 amide bonds. The summed E-state index contributed by atoms with van der Waals surface area (Å²) in [5.74, 6) is -0.425. The van der Waals surface area contributed by atoms with Gasteiger partial charge in [-0.3, -0.25) is 9.59 Å². The number of nitrogens with one attached hydrogen (secondary N) is 1. The smallest absolute Gasteiger partial charge is 0.248 e. The first kappa shape index (κ1) is 14.3. The van der Waals surface area contributed by atoms with Crippen molar-refractivity contribution in [2.24, 2.45) is 5.73 Å². The highest BCUT2D eigenvalue weighted by Gasteiger charge is 2.04. The van der Waals surface area contributed by atoms with Crippen LogP contribution in [0.1, 0.15) is 27.9 Å². The van der Waals surface area contributed by atoms with Crippen molar-refractivity contribution in [2.45, 2.75) is 19.4 Å². The van der Waals surface area contributed by atoms with Gasteiger partial charge in [-0.1, -0.05) is 12.1 Å². The van der Waals surface area contributed by atoms with Gasteiger partial charge in [-0.25, -0.2) is 0 Å². The molecule has 0 aliphatic carbocycles. The Morgan fingerprint density at radius 3 is 2.45 bits per heavy atom. The first-order chi connectivity index (χ1) is 9.65. The number of hydrogen-bond acceptors (Lipinski definition) is 3. The van der Waals surface area contributed by atoms with E-state index in [0.717, 1.165) is 12.0 Å². The maximum absolute atomic E-state index is 11.7. The Labute approximate surface area is 121 Å². The Morgan fingerprint density at radius 1 is 1.10 bits per heavy atom. The Kier molecular flexibility index (Phi) is 4.90. The maximum atomic E-state index is 11.7. The molecule has 104 valence electrons. The van der Waals surface area contributed by atoms with Crippen LogP contribution in [0.25, 0.3) is 0 Å². The zero-order valence-electron chi connectivity index (χ0n) is 11.0. The van der Waals surface area contributed by atoms with Gasteiger partial charge < -0.3 is 11.1 Å². The molecule has 0 saturated carbocycles. The van der Waals surface area contributed by atoms with Gasteiger partial charge >= 0.3 is 0 Å². The molecule has 2 aromatic rings. The lowest BCUT2D eigenvalue weighted by Gasteiger charge is -2.05. The van der Waals surface area contributed by atoms with Crippen LogP contribution in [0.3, 0.4) is 0 Å². The number of hydrogen-bond donors (Lipinski definition) is 2. The Hall–Kier alpha value is -2.14. The summed E-state index contributed by atoms with van der Waals surface area (Å²) in [7, 11) is 0. The molecule has 2 rings (SSSR count). The Bertz CT molecular complexity index is 576. The third-order valence-electron chi connectivity index (χ3n) is 2.95. The molecule has 0 bridgehead atoms. The van der Waals surface area contributed by atoms with Crippen LogP contribution in [0.15, 0.2) is 41.1 Å². The van der Waals surface area contributed by atoms with E-state index in [1.807, 2.05) is 11.4 Å². The second-order valence-corrected chi connectivity index (χ2v) is 5.25. The van der Waals surface area contributed by atoms with E-state index < -0.39 is 5.91 Å². The first-order valence-electron chi connectivity index (χ1n) is 6.31. The van der Waals surface area contributed by atoms with E-state index in [1.54, 1.807) is 35.6 Å². The van der Waals surface area contributed by atoms with Gasteiger partial charge in [0.25, 0.3) is 0 Å². The maximum Gasteiger partial charge on any atom is 0.248 e. The minimum Gasteiger partial charge on any atom is -0.366 e. The second kappa shape index (κ2) is 6.86. The zero-order chi connectivity index (χ0) is 14.4. The lowest BCUT2D eigenvalue weighted by atomic mass is 10.1. The average molecular weight is 288 g/mol. The minimum absolute atomic E-state index is 0.0233. The van der Waals surface area contributed by atoms with Gasteiger partial charge in [0.15, 0.2) is 0 Å². The van der Waals surface area contributed by atoms with Crippen molar-refractivity contribution in [2.75, 3.05) is 0 Å². The molecule has 0 atom stereocenters. The summed E-state index contributed by atoms with van der Waals surface area (Å²) < 4.78 is 0. The number of amides is 2. The number of nitrogens with two attached hydrogens (primary N) is 1. The fourth-order valence-corrected chi connectivity index (χ4v) is 2.47. The van der Waals surface area contributed by atoms with E-state index >= 15 is 0 Å². The summed E-state index contributed by atoms with van der Waals surface area (Å²) in [4.78, 5) is 22.6. The highest BCUT2D eigenvalue weighted by molar-refractivity contribution is 7.07. The predicted octanol–water partition coefficient (Wildman–Crippen LogP) is 2.10. The number of carbonyl (C=O) groups is 2. The van der Waals surface area contributed by atoms with Crippen molar-refractivity contribution in [1.29, 1.82) is 0 Å². The lowest BCUT2D eigenvalue weighted by Crippen LogP contribution is -2.23. The number of rotatable bonds is 6. The quantitative estimate of drug-likeness (QED) is 0.854. The molecule has 1 aromatic carbocycles. The van der Waals surface area contributed by atoms with E-state index in [0.29, 0.717) is 18.5 Å². The molecule has 0 radical (unpaired) electrons. The predicted molar refractivity (Wildman–Crippen MR) is 79.4 cm³/mol.